The lowest BCUT2D eigenvalue weighted by atomic mass is 10.1. The second kappa shape index (κ2) is 2.53. The van der Waals surface area contributed by atoms with Crippen molar-refractivity contribution in [3.63, 3.8) is 0 Å². The van der Waals surface area contributed by atoms with Crippen molar-refractivity contribution in [1.29, 1.82) is 5.26 Å². The predicted octanol–water partition coefficient (Wildman–Crippen LogP) is 1.63. The minimum atomic E-state index is 0.113. The Morgan fingerprint density at radius 2 is 2.08 bits per heavy atom. The molecular weight excluding hydrogens is 150 g/mol. The zero-order chi connectivity index (χ0) is 8.55. The summed E-state index contributed by atoms with van der Waals surface area (Å²) in [5, 5.41) is 17.9. The van der Waals surface area contributed by atoms with E-state index in [0.29, 0.717) is 5.75 Å². The monoisotopic (exact) mass is 159 g/mol. The fourth-order valence-corrected chi connectivity index (χ4v) is 1.70. The maximum atomic E-state index is 9.17. The smallest absolute Gasteiger partial charge is 0.115 e. The highest BCUT2D eigenvalue weighted by atomic mass is 16.3. The number of nitrogens with zero attached hydrogens (tertiary/aromatic N) is 1. The Hall–Kier alpha value is -1.49. The van der Waals surface area contributed by atoms with Gasteiger partial charge in [0.15, 0.2) is 0 Å². The number of benzene rings is 1. The number of aromatic hydroxyl groups is 1. The van der Waals surface area contributed by atoms with Gasteiger partial charge >= 0.3 is 0 Å². The molecule has 60 valence electrons. The molecule has 0 aliphatic heterocycles. The van der Waals surface area contributed by atoms with E-state index < -0.39 is 0 Å². The fraction of sp³-hybridized carbons (Fsp3) is 0.300. The highest BCUT2D eigenvalue weighted by Gasteiger charge is 2.20. The number of fused-ring (bicyclic) bond motifs is 1. The van der Waals surface area contributed by atoms with Gasteiger partial charge in [-0.1, -0.05) is 6.07 Å². The summed E-state index contributed by atoms with van der Waals surface area (Å²) in [4.78, 5) is 0. The van der Waals surface area contributed by atoms with E-state index in [1.165, 1.54) is 5.56 Å². The van der Waals surface area contributed by atoms with E-state index >= 15 is 0 Å². The quantitative estimate of drug-likeness (QED) is 0.625. The molecule has 0 heterocycles. The summed E-state index contributed by atoms with van der Waals surface area (Å²) < 4.78 is 0. The van der Waals surface area contributed by atoms with Crippen molar-refractivity contribution in [3.05, 3.63) is 29.3 Å². The van der Waals surface area contributed by atoms with E-state index in [4.69, 9.17) is 5.26 Å². The lowest BCUT2D eigenvalue weighted by molar-refractivity contribution is 0.474. The van der Waals surface area contributed by atoms with Crippen LogP contribution in [-0.4, -0.2) is 5.11 Å². The van der Waals surface area contributed by atoms with Crippen molar-refractivity contribution < 1.29 is 5.11 Å². The molecular formula is C10H9NO. The van der Waals surface area contributed by atoms with Crippen LogP contribution in [0.2, 0.25) is 0 Å². The number of phenolic OH excluding ortho intramolecular Hbond substituents is 1. The van der Waals surface area contributed by atoms with Crippen LogP contribution < -0.4 is 0 Å². The van der Waals surface area contributed by atoms with Crippen LogP contribution >= 0.6 is 0 Å². The van der Waals surface area contributed by atoms with Gasteiger partial charge in [0, 0.05) is 0 Å². The van der Waals surface area contributed by atoms with Gasteiger partial charge in [-0.3, -0.25) is 0 Å². The summed E-state index contributed by atoms with van der Waals surface area (Å²) in [6.07, 6.45) is 1.63. The van der Waals surface area contributed by atoms with E-state index in [1.807, 2.05) is 6.07 Å². The van der Waals surface area contributed by atoms with Crippen LogP contribution in [0.3, 0.4) is 0 Å². The number of rotatable bonds is 0. The van der Waals surface area contributed by atoms with Gasteiger partial charge in [0.1, 0.15) is 5.75 Å². The zero-order valence-corrected chi connectivity index (χ0v) is 6.62. The molecule has 2 heteroatoms. The van der Waals surface area contributed by atoms with E-state index in [2.05, 4.69) is 6.07 Å². The molecule has 0 spiro atoms. The van der Waals surface area contributed by atoms with E-state index in [9.17, 15) is 5.11 Å². The molecule has 0 bridgehead atoms. The average Bonchev–Trinajstić information content (AvgIpc) is 2.46. The Kier molecular flexibility index (Phi) is 1.51. The normalized spacial score (nSPS) is 20.1. The van der Waals surface area contributed by atoms with Crippen LogP contribution in [0.5, 0.6) is 5.75 Å². The summed E-state index contributed by atoms with van der Waals surface area (Å²) in [6, 6.07) is 7.59. The van der Waals surface area contributed by atoms with Crippen LogP contribution in [0.15, 0.2) is 18.2 Å². The number of hydrogen-bond acceptors (Lipinski definition) is 2. The van der Waals surface area contributed by atoms with Crippen LogP contribution in [0.4, 0.5) is 0 Å². The fourth-order valence-electron chi connectivity index (χ4n) is 1.70. The first-order valence-corrected chi connectivity index (χ1v) is 4.00. The van der Waals surface area contributed by atoms with Gasteiger partial charge in [-0.25, -0.2) is 0 Å². The Bertz CT molecular complexity index is 351. The molecule has 1 aliphatic carbocycles. The molecule has 0 aromatic heterocycles. The van der Waals surface area contributed by atoms with Crippen molar-refractivity contribution in [2.75, 3.05) is 0 Å². The second-order valence-corrected chi connectivity index (χ2v) is 3.19. The molecule has 1 aromatic rings. The molecule has 1 aliphatic rings. The summed E-state index contributed by atoms with van der Waals surface area (Å²) in [5.41, 5.74) is 2.33. The lowest BCUT2D eigenvalue weighted by Crippen LogP contribution is -1.92. The molecule has 0 saturated carbocycles. The van der Waals surface area contributed by atoms with Crippen molar-refractivity contribution in [1.82, 2.24) is 0 Å². The molecule has 12 heavy (non-hydrogen) atoms. The maximum absolute atomic E-state index is 9.17. The lowest BCUT2D eigenvalue weighted by Gasteiger charge is -1.97. The molecule has 1 N–H and O–H groups in total. The average molecular weight is 159 g/mol. The minimum Gasteiger partial charge on any atom is -0.508 e. The predicted molar refractivity (Wildman–Crippen MR) is 44.6 cm³/mol. The van der Waals surface area contributed by atoms with Crippen molar-refractivity contribution in [2.24, 2.45) is 5.92 Å². The minimum absolute atomic E-state index is 0.113. The van der Waals surface area contributed by atoms with Crippen molar-refractivity contribution in [2.45, 2.75) is 12.8 Å². The zero-order valence-electron chi connectivity index (χ0n) is 6.62. The Morgan fingerprint density at radius 3 is 2.83 bits per heavy atom. The van der Waals surface area contributed by atoms with Gasteiger partial charge in [-0.2, -0.15) is 5.26 Å². The van der Waals surface area contributed by atoms with Crippen LogP contribution in [-0.2, 0) is 12.8 Å². The van der Waals surface area contributed by atoms with Gasteiger partial charge in [0.25, 0.3) is 0 Å². The summed E-state index contributed by atoms with van der Waals surface area (Å²) >= 11 is 0. The first-order chi connectivity index (χ1) is 5.79. The van der Waals surface area contributed by atoms with E-state index in [-0.39, 0.29) is 5.92 Å². The second-order valence-electron chi connectivity index (χ2n) is 3.19. The highest BCUT2D eigenvalue weighted by molar-refractivity contribution is 5.39. The van der Waals surface area contributed by atoms with Gasteiger partial charge in [0.05, 0.1) is 12.0 Å². The molecule has 0 amide bonds. The first kappa shape index (κ1) is 7.17. The molecule has 0 saturated heterocycles. The molecule has 0 radical (unpaired) electrons. The van der Waals surface area contributed by atoms with Crippen molar-refractivity contribution >= 4 is 0 Å². The van der Waals surface area contributed by atoms with Gasteiger partial charge < -0.3 is 5.11 Å². The summed E-state index contributed by atoms with van der Waals surface area (Å²) in [6.45, 7) is 0. The summed E-state index contributed by atoms with van der Waals surface area (Å²) in [7, 11) is 0. The Morgan fingerprint density at radius 1 is 1.33 bits per heavy atom. The number of phenols is 1. The van der Waals surface area contributed by atoms with Gasteiger partial charge in [-0.05, 0) is 36.1 Å². The molecule has 1 atom stereocenters. The van der Waals surface area contributed by atoms with Gasteiger partial charge in [0.2, 0.25) is 0 Å². The van der Waals surface area contributed by atoms with Crippen LogP contribution in [0, 0.1) is 17.2 Å². The summed E-state index contributed by atoms with van der Waals surface area (Å²) in [5.74, 6) is 0.411. The van der Waals surface area contributed by atoms with Crippen LogP contribution in [0.1, 0.15) is 11.1 Å². The molecule has 0 fully saturated rings. The standard InChI is InChI=1S/C10H9NO/c11-6-7-3-8-1-2-10(12)5-9(8)4-7/h1-2,5,7,12H,3-4H2. The molecule has 2 rings (SSSR count). The van der Waals surface area contributed by atoms with E-state index in [1.54, 1.807) is 12.1 Å². The largest absolute Gasteiger partial charge is 0.508 e. The Balaban J connectivity index is 2.37. The Labute approximate surface area is 71.1 Å². The third-order valence-corrected chi connectivity index (χ3v) is 2.31. The number of hydrogen-bond donors (Lipinski definition) is 1. The number of nitriles is 1. The van der Waals surface area contributed by atoms with Gasteiger partial charge in [-0.15, -0.1) is 0 Å². The van der Waals surface area contributed by atoms with E-state index in [0.717, 1.165) is 18.4 Å². The topological polar surface area (TPSA) is 44.0 Å². The molecule has 1 unspecified atom stereocenters. The third kappa shape index (κ3) is 1.04. The van der Waals surface area contributed by atoms with Crippen LogP contribution in [0.25, 0.3) is 0 Å². The third-order valence-electron chi connectivity index (χ3n) is 2.31. The first-order valence-electron chi connectivity index (χ1n) is 4.00. The SMILES string of the molecule is N#CC1Cc2ccc(O)cc2C1. The maximum Gasteiger partial charge on any atom is 0.115 e. The van der Waals surface area contributed by atoms with Crippen molar-refractivity contribution in [3.8, 4) is 11.8 Å². The molecule has 1 aromatic carbocycles. The highest BCUT2D eigenvalue weighted by Crippen LogP contribution is 2.28. The molecule has 2 nitrogen and oxygen atoms in total.